The molecular formula is C23H32N4O3S. The summed E-state index contributed by atoms with van der Waals surface area (Å²) in [6, 6.07) is 7.44. The molecule has 1 aromatic heterocycles. The molecule has 2 aliphatic rings. The van der Waals surface area contributed by atoms with E-state index in [0.717, 1.165) is 45.5 Å². The zero-order chi connectivity index (χ0) is 21.5. The molecule has 2 aliphatic heterocycles. The molecular weight excluding hydrogens is 412 g/mol. The fraction of sp³-hybridized carbons (Fsp3) is 0.609. The van der Waals surface area contributed by atoms with Crippen molar-refractivity contribution in [3.63, 3.8) is 0 Å². The summed E-state index contributed by atoms with van der Waals surface area (Å²) in [5.41, 5.74) is 0.661. The van der Waals surface area contributed by atoms with E-state index < -0.39 is 0 Å². The van der Waals surface area contributed by atoms with Gasteiger partial charge in [0.15, 0.2) is 5.16 Å². The number of benzene rings is 1. The average molecular weight is 445 g/mol. The largest absolute Gasteiger partial charge is 0.376 e. The number of hydrogen-bond acceptors (Lipinski definition) is 6. The summed E-state index contributed by atoms with van der Waals surface area (Å²) in [5, 5.41) is 4.20. The van der Waals surface area contributed by atoms with Gasteiger partial charge < -0.3 is 15.0 Å². The van der Waals surface area contributed by atoms with Crippen LogP contribution in [0.15, 0.2) is 34.2 Å². The Bertz CT molecular complexity index is 936. The van der Waals surface area contributed by atoms with Crippen molar-refractivity contribution in [2.45, 2.75) is 56.3 Å². The molecule has 1 aromatic carbocycles. The Balaban J connectivity index is 1.41. The number of carbonyl (C=O) groups excluding carboxylic acids is 1. The van der Waals surface area contributed by atoms with E-state index in [1.807, 2.05) is 24.3 Å². The standard InChI is InChI=1S/C23H32N4O3S/c28-21(24-16-18-8-6-15-30-18)17-31-23-25-20-10-3-2-9-19(20)22(29)27(23)14-7-13-26-11-4-1-5-12-26/h2-3,9-10,18H,1,4-8,11-17H2,(H,24,28)/t18-/m1/s1. The van der Waals surface area contributed by atoms with E-state index in [9.17, 15) is 9.59 Å². The first kappa shape index (κ1) is 22.3. The molecule has 0 aliphatic carbocycles. The van der Waals surface area contributed by atoms with Crippen LogP contribution >= 0.6 is 11.8 Å². The number of nitrogens with zero attached hydrogens (tertiary/aromatic N) is 3. The Labute approximate surface area is 187 Å². The quantitative estimate of drug-likeness (QED) is 0.473. The molecule has 168 valence electrons. The zero-order valence-corrected chi connectivity index (χ0v) is 18.9. The van der Waals surface area contributed by atoms with Gasteiger partial charge in [-0.25, -0.2) is 4.98 Å². The van der Waals surface area contributed by atoms with Gasteiger partial charge in [0.1, 0.15) is 0 Å². The highest BCUT2D eigenvalue weighted by molar-refractivity contribution is 7.99. The molecule has 0 saturated carbocycles. The monoisotopic (exact) mass is 444 g/mol. The van der Waals surface area contributed by atoms with Crippen molar-refractivity contribution in [3.05, 3.63) is 34.6 Å². The zero-order valence-electron chi connectivity index (χ0n) is 18.1. The number of thioether (sulfide) groups is 1. The molecule has 1 N–H and O–H groups in total. The average Bonchev–Trinajstić information content (AvgIpc) is 3.32. The lowest BCUT2D eigenvalue weighted by molar-refractivity contribution is -0.119. The second kappa shape index (κ2) is 11.1. The maximum atomic E-state index is 13.2. The van der Waals surface area contributed by atoms with Gasteiger partial charge in [0, 0.05) is 19.7 Å². The maximum absolute atomic E-state index is 13.2. The van der Waals surface area contributed by atoms with Gasteiger partial charge in [-0.3, -0.25) is 14.2 Å². The van der Waals surface area contributed by atoms with Gasteiger partial charge in [-0.1, -0.05) is 30.3 Å². The van der Waals surface area contributed by atoms with Gasteiger partial charge in [0.05, 0.1) is 22.8 Å². The number of aromatic nitrogens is 2. The fourth-order valence-electron chi connectivity index (χ4n) is 4.30. The molecule has 2 saturated heterocycles. The van der Waals surface area contributed by atoms with Crippen molar-refractivity contribution in [1.29, 1.82) is 0 Å². The van der Waals surface area contributed by atoms with E-state index in [0.29, 0.717) is 29.1 Å². The predicted molar refractivity (Wildman–Crippen MR) is 124 cm³/mol. The highest BCUT2D eigenvalue weighted by Crippen LogP contribution is 2.19. The summed E-state index contributed by atoms with van der Waals surface area (Å²) in [7, 11) is 0. The Morgan fingerprint density at radius 2 is 2.00 bits per heavy atom. The third-order valence-corrected chi connectivity index (χ3v) is 6.99. The van der Waals surface area contributed by atoms with Crippen LogP contribution in [0, 0.1) is 0 Å². The van der Waals surface area contributed by atoms with Crippen molar-refractivity contribution >= 4 is 28.6 Å². The number of hydrogen-bond donors (Lipinski definition) is 1. The van der Waals surface area contributed by atoms with Gasteiger partial charge in [-0.2, -0.15) is 0 Å². The van der Waals surface area contributed by atoms with Crippen LogP contribution in [0.2, 0.25) is 0 Å². The minimum atomic E-state index is -0.0530. The molecule has 0 spiro atoms. The first-order valence-electron chi connectivity index (χ1n) is 11.4. The van der Waals surface area contributed by atoms with Crippen LogP contribution in [-0.2, 0) is 16.1 Å². The molecule has 0 unspecified atom stereocenters. The lowest BCUT2D eigenvalue weighted by atomic mass is 10.1. The second-order valence-corrected chi connectivity index (χ2v) is 9.29. The van der Waals surface area contributed by atoms with Crippen molar-refractivity contribution in [3.8, 4) is 0 Å². The third-order valence-electron chi connectivity index (χ3n) is 6.01. The summed E-state index contributed by atoms with van der Waals surface area (Å²) >= 11 is 1.34. The summed E-state index contributed by atoms with van der Waals surface area (Å²) in [5.74, 6) is 0.187. The predicted octanol–water partition coefficient (Wildman–Crippen LogP) is 2.66. The van der Waals surface area contributed by atoms with Crippen molar-refractivity contribution in [2.24, 2.45) is 0 Å². The van der Waals surface area contributed by atoms with Crippen LogP contribution < -0.4 is 10.9 Å². The minimum Gasteiger partial charge on any atom is -0.376 e. The lowest BCUT2D eigenvalue weighted by Gasteiger charge is -2.26. The molecule has 1 amide bonds. The minimum absolute atomic E-state index is 0.0218. The SMILES string of the molecule is O=C(CSc1nc2ccccc2c(=O)n1CCCN1CCCCC1)NC[C@H]1CCCO1. The fourth-order valence-corrected chi connectivity index (χ4v) is 5.16. The smallest absolute Gasteiger partial charge is 0.262 e. The normalized spacial score (nSPS) is 19.7. The van der Waals surface area contributed by atoms with Crippen LogP contribution in [0.1, 0.15) is 38.5 Å². The molecule has 3 heterocycles. The van der Waals surface area contributed by atoms with Crippen LogP contribution in [0.25, 0.3) is 10.9 Å². The molecule has 8 heteroatoms. The highest BCUT2D eigenvalue weighted by Gasteiger charge is 2.18. The molecule has 1 atom stereocenters. The van der Waals surface area contributed by atoms with Gasteiger partial charge in [0.2, 0.25) is 5.91 Å². The van der Waals surface area contributed by atoms with E-state index in [4.69, 9.17) is 9.72 Å². The van der Waals surface area contributed by atoms with E-state index in [1.54, 1.807) is 4.57 Å². The van der Waals surface area contributed by atoms with Crippen LogP contribution in [0.3, 0.4) is 0 Å². The van der Waals surface area contributed by atoms with Crippen molar-refractivity contribution in [2.75, 3.05) is 38.5 Å². The summed E-state index contributed by atoms with van der Waals surface area (Å²) in [6.07, 6.45) is 6.93. The van der Waals surface area contributed by atoms with Crippen LogP contribution in [0.4, 0.5) is 0 Å². The molecule has 7 nitrogen and oxygen atoms in total. The highest BCUT2D eigenvalue weighted by atomic mass is 32.2. The Hall–Kier alpha value is -1.90. The number of piperidine rings is 1. The van der Waals surface area contributed by atoms with E-state index >= 15 is 0 Å². The summed E-state index contributed by atoms with van der Waals surface area (Å²) < 4.78 is 7.31. The first-order valence-corrected chi connectivity index (χ1v) is 12.4. The number of amides is 1. The van der Waals surface area contributed by atoms with E-state index in [1.165, 1.54) is 31.0 Å². The number of rotatable bonds is 9. The number of carbonyl (C=O) groups is 1. The van der Waals surface area contributed by atoms with Crippen molar-refractivity contribution < 1.29 is 9.53 Å². The topological polar surface area (TPSA) is 76.5 Å². The molecule has 2 fully saturated rings. The first-order chi connectivity index (χ1) is 15.2. The Morgan fingerprint density at radius 1 is 1.16 bits per heavy atom. The van der Waals surface area contributed by atoms with Gasteiger partial charge >= 0.3 is 0 Å². The van der Waals surface area contributed by atoms with Gasteiger partial charge in [0.25, 0.3) is 5.56 Å². The second-order valence-electron chi connectivity index (χ2n) is 8.35. The molecule has 2 aromatic rings. The number of fused-ring (bicyclic) bond motifs is 1. The number of nitrogens with one attached hydrogen (secondary N) is 1. The number of ether oxygens (including phenoxy) is 1. The molecule has 4 rings (SSSR count). The van der Waals surface area contributed by atoms with E-state index in [-0.39, 0.29) is 23.3 Å². The van der Waals surface area contributed by atoms with Crippen LogP contribution in [0.5, 0.6) is 0 Å². The number of para-hydroxylation sites is 1. The molecule has 0 bridgehead atoms. The maximum Gasteiger partial charge on any atom is 0.262 e. The van der Waals surface area contributed by atoms with Gasteiger partial charge in [-0.05, 0) is 63.9 Å². The van der Waals surface area contributed by atoms with E-state index in [2.05, 4.69) is 10.2 Å². The third kappa shape index (κ3) is 6.08. The summed E-state index contributed by atoms with van der Waals surface area (Å²) in [4.78, 5) is 32.7. The Kier molecular flexibility index (Phi) is 7.99. The Morgan fingerprint density at radius 3 is 2.81 bits per heavy atom. The summed E-state index contributed by atoms with van der Waals surface area (Å²) in [6.45, 7) is 5.24. The lowest BCUT2D eigenvalue weighted by Crippen LogP contribution is -2.33. The van der Waals surface area contributed by atoms with Crippen LogP contribution in [-0.4, -0.2) is 65.0 Å². The molecule has 31 heavy (non-hydrogen) atoms. The number of likely N-dealkylation sites (tertiary alicyclic amines) is 1. The molecule has 0 radical (unpaired) electrons. The van der Waals surface area contributed by atoms with Crippen molar-refractivity contribution in [1.82, 2.24) is 19.8 Å². The van der Waals surface area contributed by atoms with Gasteiger partial charge in [-0.15, -0.1) is 0 Å².